The van der Waals surface area contributed by atoms with E-state index >= 15 is 0 Å². The van der Waals surface area contributed by atoms with Gasteiger partial charge in [-0.05, 0) is 24.9 Å². The second kappa shape index (κ2) is 10.1. The molecule has 19 heavy (non-hydrogen) atoms. The summed E-state index contributed by atoms with van der Waals surface area (Å²) in [5, 5.41) is 5.87. The van der Waals surface area contributed by atoms with Crippen LogP contribution in [0.1, 0.15) is 25.7 Å². The van der Waals surface area contributed by atoms with E-state index in [9.17, 15) is 9.59 Å². The molecule has 0 unspecified atom stereocenters. The molecule has 1 saturated heterocycles. The SMILES string of the molecule is CSCCCCCCNC(=O)C(=O)N1CCNCC1. The third-order valence-corrected chi connectivity index (χ3v) is 3.86. The zero-order chi connectivity index (χ0) is 13.9. The minimum Gasteiger partial charge on any atom is -0.348 e. The fourth-order valence-corrected chi connectivity index (χ4v) is 2.51. The number of nitrogens with one attached hydrogen (secondary N) is 2. The Hall–Kier alpha value is -0.750. The third-order valence-electron chi connectivity index (χ3n) is 3.16. The molecule has 1 heterocycles. The molecule has 0 atom stereocenters. The summed E-state index contributed by atoms with van der Waals surface area (Å²) >= 11 is 1.87. The Kier molecular flexibility index (Phi) is 8.66. The van der Waals surface area contributed by atoms with Crippen molar-refractivity contribution in [1.82, 2.24) is 15.5 Å². The third kappa shape index (κ3) is 6.82. The van der Waals surface area contributed by atoms with Crippen LogP contribution < -0.4 is 10.6 Å². The first-order valence-electron chi connectivity index (χ1n) is 7.02. The second-order valence-electron chi connectivity index (χ2n) is 4.71. The Morgan fingerprint density at radius 3 is 2.53 bits per heavy atom. The van der Waals surface area contributed by atoms with E-state index in [-0.39, 0.29) is 5.91 Å². The van der Waals surface area contributed by atoms with Crippen molar-refractivity contribution in [3.05, 3.63) is 0 Å². The lowest BCUT2D eigenvalue weighted by molar-refractivity contribution is -0.146. The Bertz CT molecular complexity index is 281. The summed E-state index contributed by atoms with van der Waals surface area (Å²) in [6, 6.07) is 0. The van der Waals surface area contributed by atoms with Gasteiger partial charge in [-0.2, -0.15) is 11.8 Å². The van der Waals surface area contributed by atoms with E-state index < -0.39 is 5.91 Å². The summed E-state index contributed by atoms with van der Waals surface area (Å²) in [6.45, 7) is 3.40. The number of amides is 2. The number of carbonyl (C=O) groups excluding carboxylic acids is 2. The van der Waals surface area contributed by atoms with Crippen molar-refractivity contribution in [3.8, 4) is 0 Å². The largest absolute Gasteiger partial charge is 0.348 e. The van der Waals surface area contributed by atoms with Gasteiger partial charge in [0.15, 0.2) is 0 Å². The normalized spacial score (nSPS) is 15.3. The molecule has 2 N–H and O–H groups in total. The van der Waals surface area contributed by atoms with Crippen molar-refractivity contribution in [2.45, 2.75) is 25.7 Å². The molecule has 110 valence electrons. The van der Waals surface area contributed by atoms with Crippen molar-refractivity contribution in [1.29, 1.82) is 0 Å². The monoisotopic (exact) mass is 287 g/mol. The van der Waals surface area contributed by atoms with Crippen molar-refractivity contribution in [2.75, 3.05) is 44.7 Å². The molecule has 0 spiro atoms. The molecule has 0 aromatic carbocycles. The number of hydrogen-bond donors (Lipinski definition) is 2. The molecule has 1 rings (SSSR count). The highest BCUT2D eigenvalue weighted by molar-refractivity contribution is 7.98. The van der Waals surface area contributed by atoms with Gasteiger partial charge in [-0.15, -0.1) is 0 Å². The van der Waals surface area contributed by atoms with Crippen LogP contribution in [-0.4, -0.2) is 61.4 Å². The number of carbonyl (C=O) groups is 2. The summed E-state index contributed by atoms with van der Waals surface area (Å²) in [5.74, 6) is 0.364. The quantitative estimate of drug-likeness (QED) is 0.527. The molecule has 0 aromatic rings. The maximum absolute atomic E-state index is 11.8. The molecule has 2 amide bonds. The van der Waals surface area contributed by atoms with E-state index in [1.807, 2.05) is 11.8 Å². The van der Waals surface area contributed by atoms with E-state index in [4.69, 9.17) is 0 Å². The van der Waals surface area contributed by atoms with Gasteiger partial charge >= 0.3 is 11.8 Å². The predicted molar refractivity (Wildman–Crippen MR) is 79.3 cm³/mol. The molecule has 5 nitrogen and oxygen atoms in total. The van der Waals surface area contributed by atoms with Crippen molar-refractivity contribution in [3.63, 3.8) is 0 Å². The predicted octanol–water partition coefficient (Wildman–Crippen LogP) is 0.458. The molecule has 0 aromatic heterocycles. The highest BCUT2D eigenvalue weighted by Crippen LogP contribution is 2.03. The summed E-state index contributed by atoms with van der Waals surface area (Å²) in [7, 11) is 0. The number of unbranched alkanes of at least 4 members (excludes halogenated alkanes) is 3. The molecular formula is C13H25N3O2S. The van der Waals surface area contributed by atoms with Crippen LogP contribution in [0.5, 0.6) is 0 Å². The van der Waals surface area contributed by atoms with Crippen LogP contribution in [0.2, 0.25) is 0 Å². The van der Waals surface area contributed by atoms with Crippen LogP contribution in [0.25, 0.3) is 0 Å². The highest BCUT2D eigenvalue weighted by Gasteiger charge is 2.22. The molecule has 0 radical (unpaired) electrons. The van der Waals surface area contributed by atoms with Crippen molar-refractivity contribution in [2.24, 2.45) is 0 Å². The molecule has 0 aliphatic carbocycles. The zero-order valence-corrected chi connectivity index (χ0v) is 12.6. The molecule has 0 saturated carbocycles. The van der Waals surface area contributed by atoms with E-state index in [0.717, 1.165) is 25.9 Å². The molecule has 1 fully saturated rings. The van der Waals surface area contributed by atoms with Gasteiger partial charge in [0.2, 0.25) is 0 Å². The molecular weight excluding hydrogens is 262 g/mol. The van der Waals surface area contributed by atoms with Gasteiger partial charge in [0.1, 0.15) is 0 Å². The van der Waals surface area contributed by atoms with Crippen molar-refractivity contribution >= 4 is 23.6 Å². The lowest BCUT2D eigenvalue weighted by atomic mass is 10.2. The molecule has 6 heteroatoms. The van der Waals surface area contributed by atoms with E-state index in [1.54, 1.807) is 4.90 Å². The molecule has 1 aliphatic rings. The van der Waals surface area contributed by atoms with E-state index in [0.29, 0.717) is 19.6 Å². The topological polar surface area (TPSA) is 61.4 Å². The maximum Gasteiger partial charge on any atom is 0.311 e. The Labute approximate surface area is 119 Å². The summed E-state index contributed by atoms with van der Waals surface area (Å²) in [5.41, 5.74) is 0. The number of thioether (sulfide) groups is 1. The number of piperazine rings is 1. The summed E-state index contributed by atoms with van der Waals surface area (Å²) < 4.78 is 0. The van der Waals surface area contributed by atoms with Crippen LogP contribution in [0.15, 0.2) is 0 Å². The lowest BCUT2D eigenvalue weighted by Crippen LogP contribution is -2.51. The van der Waals surface area contributed by atoms with Gasteiger partial charge in [0.05, 0.1) is 0 Å². The van der Waals surface area contributed by atoms with Gasteiger partial charge in [0, 0.05) is 32.7 Å². The summed E-state index contributed by atoms with van der Waals surface area (Å²) in [4.78, 5) is 25.1. The zero-order valence-electron chi connectivity index (χ0n) is 11.7. The molecule has 0 bridgehead atoms. The van der Waals surface area contributed by atoms with Gasteiger partial charge in [-0.3, -0.25) is 9.59 Å². The smallest absolute Gasteiger partial charge is 0.311 e. The minimum absolute atomic E-state index is 0.385. The Morgan fingerprint density at radius 2 is 1.84 bits per heavy atom. The fourth-order valence-electron chi connectivity index (χ4n) is 2.01. The number of hydrogen-bond acceptors (Lipinski definition) is 4. The van der Waals surface area contributed by atoms with Gasteiger partial charge in [-0.25, -0.2) is 0 Å². The van der Waals surface area contributed by atoms with Gasteiger partial charge < -0.3 is 15.5 Å². The van der Waals surface area contributed by atoms with Crippen LogP contribution >= 0.6 is 11.8 Å². The first-order valence-corrected chi connectivity index (χ1v) is 8.42. The first-order chi connectivity index (χ1) is 9.25. The average Bonchev–Trinajstić information content (AvgIpc) is 2.46. The van der Waals surface area contributed by atoms with Gasteiger partial charge in [0.25, 0.3) is 0 Å². The van der Waals surface area contributed by atoms with E-state index in [1.165, 1.54) is 18.6 Å². The van der Waals surface area contributed by atoms with Crippen molar-refractivity contribution < 1.29 is 9.59 Å². The number of rotatable bonds is 7. The van der Waals surface area contributed by atoms with Gasteiger partial charge in [-0.1, -0.05) is 12.8 Å². The van der Waals surface area contributed by atoms with E-state index in [2.05, 4.69) is 16.9 Å². The molecule has 1 aliphatic heterocycles. The highest BCUT2D eigenvalue weighted by atomic mass is 32.2. The Morgan fingerprint density at radius 1 is 1.16 bits per heavy atom. The fraction of sp³-hybridized carbons (Fsp3) is 0.846. The van der Waals surface area contributed by atoms with Crippen LogP contribution in [0.3, 0.4) is 0 Å². The summed E-state index contributed by atoms with van der Waals surface area (Å²) in [6.07, 6.45) is 6.61. The first kappa shape index (κ1) is 16.3. The second-order valence-corrected chi connectivity index (χ2v) is 5.69. The minimum atomic E-state index is -0.453. The number of nitrogens with zero attached hydrogens (tertiary/aromatic N) is 1. The van der Waals surface area contributed by atoms with Crippen LogP contribution in [0, 0.1) is 0 Å². The van der Waals surface area contributed by atoms with Crippen LogP contribution in [-0.2, 0) is 9.59 Å². The average molecular weight is 287 g/mol. The van der Waals surface area contributed by atoms with Crippen LogP contribution in [0.4, 0.5) is 0 Å². The lowest BCUT2D eigenvalue weighted by Gasteiger charge is -2.26. The standard InChI is InChI=1S/C13H25N3O2S/c1-19-11-5-3-2-4-6-15-12(17)13(18)16-9-7-14-8-10-16/h14H,2-11H2,1H3,(H,15,17). The maximum atomic E-state index is 11.8. The Balaban J connectivity index is 2.04.